The summed E-state index contributed by atoms with van der Waals surface area (Å²) in [5.74, 6) is 0.266. The molecule has 0 heterocycles. The van der Waals surface area contributed by atoms with Crippen molar-refractivity contribution in [3.8, 4) is 5.75 Å². The molecule has 0 aromatic heterocycles. The van der Waals surface area contributed by atoms with Gasteiger partial charge in [0, 0.05) is 11.1 Å². The van der Waals surface area contributed by atoms with Crippen LogP contribution in [0.4, 0.5) is 0 Å². The number of phenolic OH excluding ortho intramolecular Hbond substituents is 1. The van der Waals surface area contributed by atoms with Gasteiger partial charge in [-0.05, 0) is 30.0 Å². The van der Waals surface area contributed by atoms with Gasteiger partial charge in [-0.1, -0.05) is 20.8 Å². The lowest BCUT2D eigenvalue weighted by atomic mass is 9.81. The molecular weight excluding hydrogens is 176 g/mol. The van der Waals surface area contributed by atoms with Gasteiger partial charge in [-0.25, -0.2) is 0 Å². The molecule has 0 saturated heterocycles. The van der Waals surface area contributed by atoms with Crippen LogP contribution < -0.4 is 0 Å². The Morgan fingerprint density at radius 1 is 1.43 bits per heavy atom. The zero-order valence-electron chi connectivity index (χ0n) is 8.87. The molecule has 0 radical (unpaired) electrons. The Morgan fingerprint density at radius 2 is 2.07 bits per heavy atom. The molecule has 0 aliphatic rings. The van der Waals surface area contributed by atoms with E-state index in [-0.39, 0.29) is 11.2 Å². The van der Waals surface area contributed by atoms with Gasteiger partial charge < -0.3 is 5.11 Å². The summed E-state index contributed by atoms with van der Waals surface area (Å²) in [4.78, 5) is 10.6. The molecule has 0 unspecified atom stereocenters. The highest BCUT2D eigenvalue weighted by molar-refractivity contribution is 5.75. The molecule has 0 aliphatic carbocycles. The summed E-state index contributed by atoms with van der Waals surface area (Å²) in [5.41, 5.74) is 1.35. The Labute approximate surface area is 84.6 Å². The molecule has 0 spiro atoms. The number of carbonyl (C=O) groups is 1. The van der Waals surface area contributed by atoms with Crippen LogP contribution in [-0.2, 0) is 5.41 Å². The molecule has 0 aliphatic heterocycles. The van der Waals surface area contributed by atoms with E-state index in [4.69, 9.17) is 0 Å². The van der Waals surface area contributed by atoms with E-state index in [1.807, 2.05) is 0 Å². The second-order valence-electron chi connectivity index (χ2n) is 4.13. The van der Waals surface area contributed by atoms with Crippen molar-refractivity contribution in [3.63, 3.8) is 0 Å². The number of aromatic hydroxyl groups is 1. The third-order valence-electron chi connectivity index (χ3n) is 2.77. The highest BCUT2D eigenvalue weighted by atomic mass is 16.3. The minimum Gasteiger partial charge on any atom is -0.508 e. The van der Waals surface area contributed by atoms with E-state index in [2.05, 4.69) is 20.8 Å². The van der Waals surface area contributed by atoms with E-state index in [1.165, 1.54) is 0 Å². The molecule has 2 nitrogen and oxygen atoms in total. The first kappa shape index (κ1) is 10.8. The quantitative estimate of drug-likeness (QED) is 0.748. The molecule has 1 aromatic carbocycles. The fourth-order valence-corrected chi connectivity index (χ4v) is 1.36. The monoisotopic (exact) mass is 192 g/mol. The molecule has 14 heavy (non-hydrogen) atoms. The summed E-state index contributed by atoms with van der Waals surface area (Å²) >= 11 is 0. The average Bonchev–Trinajstić information content (AvgIpc) is 2.18. The number of phenols is 1. The predicted molar refractivity (Wildman–Crippen MR) is 56.8 cm³/mol. The minimum absolute atomic E-state index is 0.0941. The fourth-order valence-electron chi connectivity index (χ4n) is 1.36. The minimum atomic E-state index is -0.0941. The first-order valence-electron chi connectivity index (χ1n) is 4.80. The molecule has 0 fully saturated rings. The maximum Gasteiger partial charge on any atom is 0.150 e. The largest absolute Gasteiger partial charge is 0.508 e. The van der Waals surface area contributed by atoms with E-state index < -0.39 is 0 Å². The number of carbonyl (C=O) groups excluding carboxylic acids is 1. The van der Waals surface area contributed by atoms with E-state index in [9.17, 15) is 9.90 Å². The lowest BCUT2D eigenvalue weighted by molar-refractivity contribution is 0.112. The molecule has 0 amide bonds. The molecule has 1 aromatic rings. The van der Waals surface area contributed by atoms with Gasteiger partial charge in [-0.2, -0.15) is 0 Å². The van der Waals surface area contributed by atoms with Crippen LogP contribution >= 0.6 is 0 Å². The third-order valence-corrected chi connectivity index (χ3v) is 2.77. The van der Waals surface area contributed by atoms with Crippen LogP contribution in [0.5, 0.6) is 5.75 Å². The summed E-state index contributed by atoms with van der Waals surface area (Å²) in [7, 11) is 0. The molecule has 1 N–H and O–H groups in total. The van der Waals surface area contributed by atoms with Crippen LogP contribution in [0.3, 0.4) is 0 Å². The Bertz CT molecular complexity index is 340. The SMILES string of the molecule is CCC(C)(C)c1cc(C=O)ccc1O. The second-order valence-corrected chi connectivity index (χ2v) is 4.13. The van der Waals surface area contributed by atoms with Crippen LogP contribution in [0.1, 0.15) is 43.1 Å². The normalized spacial score (nSPS) is 11.4. The van der Waals surface area contributed by atoms with Gasteiger partial charge in [0.05, 0.1) is 0 Å². The van der Waals surface area contributed by atoms with E-state index >= 15 is 0 Å². The van der Waals surface area contributed by atoms with Gasteiger partial charge in [0.1, 0.15) is 12.0 Å². The summed E-state index contributed by atoms with van der Waals surface area (Å²) in [6.45, 7) is 6.17. The maximum absolute atomic E-state index is 10.6. The summed E-state index contributed by atoms with van der Waals surface area (Å²) in [6, 6.07) is 4.96. The Hall–Kier alpha value is -1.31. The average molecular weight is 192 g/mol. The van der Waals surface area contributed by atoms with E-state index in [0.29, 0.717) is 5.56 Å². The fraction of sp³-hybridized carbons (Fsp3) is 0.417. The van der Waals surface area contributed by atoms with Gasteiger partial charge in [0.25, 0.3) is 0 Å². The maximum atomic E-state index is 10.6. The van der Waals surface area contributed by atoms with Crippen molar-refractivity contribution in [3.05, 3.63) is 29.3 Å². The van der Waals surface area contributed by atoms with Gasteiger partial charge in [-0.3, -0.25) is 4.79 Å². The molecule has 2 heteroatoms. The number of hydrogen-bond acceptors (Lipinski definition) is 2. The summed E-state index contributed by atoms with van der Waals surface area (Å²) < 4.78 is 0. The number of rotatable bonds is 3. The van der Waals surface area contributed by atoms with E-state index in [1.54, 1.807) is 18.2 Å². The first-order valence-corrected chi connectivity index (χ1v) is 4.80. The lowest BCUT2D eigenvalue weighted by Gasteiger charge is -2.24. The highest BCUT2D eigenvalue weighted by Crippen LogP contribution is 2.33. The third kappa shape index (κ3) is 1.95. The van der Waals surface area contributed by atoms with Gasteiger partial charge in [0.15, 0.2) is 0 Å². The zero-order chi connectivity index (χ0) is 10.8. The molecule has 0 bridgehead atoms. The topological polar surface area (TPSA) is 37.3 Å². The smallest absolute Gasteiger partial charge is 0.150 e. The summed E-state index contributed by atoms with van der Waals surface area (Å²) in [6.07, 6.45) is 1.72. The van der Waals surface area contributed by atoms with E-state index in [0.717, 1.165) is 18.3 Å². The van der Waals surface area contributed by atoms with Crippen molar-refractivity contribution in [2.45, 2.75) is 32.6 Å². The molecule has 1 rings (SSSR count). The number of hydrogen-bond donors (Lipinski definition) is 1. The Balaban J connectivity index is 3.25. The predicted octanol–water partition coefficient (Wildman–Crippen LogP) is 2.89. The summed E-state index contributed by atoms with van der Waals surface area (Å²) in [5, 5.41) is 9.68. The van der Waals surface area contributed by atoms with Gasteiger partial charge in [-0.15, -0.1) is 0 Å². The van der Waals surface area contributed by atoms with Crippen molar-refractivity contribution in [2.75, 3.05) is 0 Å². The standard InChI is InChI=1S/C12H16O2/c1-4-12(2,3)10-7-9(8-13)5-6-11(10)14/h5-8,14H,4H2,1-3H3. The molecule has 76 valence electrons. The van der Waals surface area contributed by atoms with Crippen LogP contribution in [-0.4, -0.2) is 11.4 Å². The van der Waals surface area contributed by atoms with Gasteiger partial charge >= 0.3 is 0 Å². The molecule has 0 saturated carbocycles. The lowest BCUT2D eigenvalue weighted by Crippen LogP contribution is -2.15. The van der Waals surface area contributed by atoms with Gasteiger partial charge in [0.2, 0.25) is 0 Å². The van der Waals surface area contributed by atoms with Crippen molar-refractivity contribution in [1.29, 1.82) is 0 Å². The zero-order valence-corrected chi connectivity index (χ0v) is 8.87. The van der Waals surface area contributed by atoms with Crippen LogP contribution in [0.2, 0.25) is 0 Å². The van der Waals surface area contributed by atoms with Crippen molar-refractivity contribution < 1.29 is 9.90 Å². The molecular formula is C12H16O2. The number of aldehydes is 1. The Morgan fingerprint density at radius 3 is 2.57 bits per heavy atom. The van der Waals surface area contributed by atoms with Crippen molar-refractivity contribution in [1.82, 2.24) is 0 Å². The van der Waals surface area contributed by atoms with Crippen LogP contribution in [0.25, 0.3) is 0 Å². The molecule has 0 atom stereocenters. The number of benzene rings is 1. The second kappa shape index (κ2) is 3.82. The van der Waals surface area contributed by atoms with Crippen LogP contribution in [0.15, 0.2) is 18.2 Å². The van der Waals surface area contributed by atoms with Crippen molar-refractivity contribution in [2.24, 2.45) is 0 Å². The first-order chi connectivity index (χ1) is 6.51. The van der Waals surface area contributed by atoms with Crippen LogP contribution in [0, 0.1) is 0 Å². The van der Waals surface area contributed by atoms with Crippen molar-refractivity contribution >= 4 is 6.29 Å². The highest BCUT2D eigenvalue weighted by Gasteiger charge is 2.21. The Kier molecular flexibility index (Phi) is 2.94.